The Balaban J connectivity index is 2.53. The second-order valence-electron chi connectivity index (χ2n) is 6.48. The van der Waals surface area contributed by atoms with Crippen molar-refractivity contribution in [3.63, 3.8) is 0 Å². The van der Waals surface area contributed by atoms with Gasteiger partial charge in [-0.15, -0.1) is 0 Å². The van der Waals surface area contributed by atoms with Crippen molar-refractivity contribution in [3.8, 4) is 5.88 Å². The number of aromatic hydroxyl groups is 1. The third-order valence-electron chi connectivity index (χ3n) is 4.33. The van der Waals surface area contributed by atoms with Crippen molar-refractivity contribution < 1.29 is 9.90 Å². The van der Waals surface area contributed by atoms with Crippen LogP contribution in [0.5, 0.6) is 5.88 Å². The van der Waals surface area contributed by atoms with Crippen LogP contribution >= 0.6 is 11.8 Å². The Bertz CT molecular complexity index is 1020. The Morgan fingerprint density at radius 1 is 1.14 bits per heavy atom. The fraction of sp³-hybridized carbons (Fsp3) is 0.400. The molecule has 0 atom stereocenters. The lowest BCUT2D eigenvalue weighted by atomic mass is 10.1. The lowest BCUT2D eigenvalue weighted by Gasteiger charge is -2.12. The van der Waals surface area contributed by atoms with Crippen LogP contribution in [0.15, 0.2) is 38.8 Å². The molecule has 2 N–H and O–H groups in total. The molecule has 0 saturated carbocycles. The van der Waals surface area contributed by atoms with E-state index in [1.807, 2.05) is 26.0 Å². The number of nitrogens with zero attached hydrogens (tertiary/aromatic N) is 3. The first kappa shape index (κ1) is 22.5. The molecule has 156 valence electrons. The summed E-state index contributed by atoms with van der Waals surface area (Å²) in [6, 6.07) is 7.46. The normalized spacial score (nSPS) is 11.5. The number of aryl methyl sites for hydroxylation is 1. The monoisotopic (exact) mass is 418 g/mol. The number of benzene rings is 1. The van der Waals surface area contributed by atoms with Crippen LogP contribution in [0.3, 0.4) is 0 Å². The number of nitrogens with one attached hydrogen (secondary N) is 1. The summed E-state index contributed by atoms with van der Waals surface area (Å²) in [5.41, 5.74) is 0.291. The molecule has 0 aliphatic carbocycles. The van der Waals surface area contributed by atoms with E-state index in [1.165, 1.54) is 14.1 Å². The van der Waals surface area contributed by atoms with E-state index in [-0.39, 0.29) is 22.3 Å². The Kier molecular flexibility index (Phi) is 7.83. The van der Waals surface area contributed by atoms with Crippen LogP contribution in [-0.2, 0) is 25.3 Å². The second kappa shape index (κ2) is 10.1. The van der Waals surface area contributed by atoms with Gasteiger partial charge in [0.2, 0.25) is 11.8 Å². The summed E-state index contributed by atoms with van der Waals surface area (Å²) < 4.78 is 1.88. The van der Waals surface area contributed by atoms with Crippen molar-refractivity contribution in [3.05, 3.63) is 56.2 Å². The van der Waals surface area contributed by atoms with Crippen LogP contribution < -0.4 is 16.6 Å². The van der Waals surface area contributed by atoms with Gasteiger partial charge in [-0.25, -0.2) is 9.79 Å². The molecule has 0 spiro atoms. The Morgan fingerprint density at radius 3 is 2.38 bits per heavy atom. The summed E-state index contributed by atoms with van der Waals surface area (Å²) >= 11 is 1.04. The zero-order valence-electron chi connectivity index (χ0n) is 17.1. The predicted octanol–water partition coefficient (Wildman–Crippen LogP) is 1.69. The van der Waals surface area contributed by atoms with Crippen LogP contribution in [0.1, 0.15) is 31.4 Å². The van der Waals surface area contributed by atoms with Crippen LogP contribution in [0.2, 0.25) is 0 Å². The summed E-state index contributed by atoms with van der Waals surface area (Å²) in [6.07, 6.45) is 1.69. The fourth-order valence-corrected chi connectivity index (χ4v) is 3.42. The average molecular weight is 419 g/mol. The topological polar surface area (TPSA) is 106 Å². The van der Waals surface area contributed by atoms with E-state index in [2.05, 4.69) is 10.3 Å². The third-order valence-corrected chi connectivity index (χ3v) is 5.31. The first-order valence-electron chi connectivity index (χ1n) is 9.36. The Labute approximate surface area is 173 Å². The highest BCUT2D eigenvalue weighted by Gasteiger charge is 2.21. The Morgan fingerprint density at radius 2 is 1.79 bits per heavy atom. The van der Waals surface area contributed by atoms with Crippen molar-refractivity contribution in [2.45, 2.75) is 26.7 Å². The summed E-state index contributed by atoms with van der Waals surface area (Å²) in [6.45, 7) is 4.55. The molecular formula is C20H26N4O4S. The zero-order valence-corrected chi connectivity index (χ0v) is 17.9. The van der Waals surface area contributed by atoms with Crippen molar-refractivity contribution in [2.24, 2.45) is 19.1 Å². The van der Waals surface area contributed by atoms with Crippen molar-refractivity contribution in [1.82, 2.24) is 14.5 Å². The summed E-state index contributed by atoms with van der Waals surface area (Å²) in [4.78, 5) is 41.3. The fourth-order valence-electron chi connectivity index (χ4n) is 2.55. The minimum Gasteiger partial charge on any atom is -0.494 e. The Hall–Kier alpha value is -2.81. The van der Waals surface area contributed by atoms with Gasteiger partial charge in [0, 0.05) is 20.6 Å². The first-order chi connectivity index (χ1) is 13.8. The van der Waals surface area contributed by atoms with Gasteiger partial charge in [-0.2, -0.15) is 0 Å². The van der Waals surface area contributed by atoms with E-state index in [9.17, 15) is 19.5 Å². The van der Waals surface area contributed by atoms with Crippen LogP contribution in [0, 0.1) is 0 Å². The quantitative estimate of drug-likeness (QED) is 0.526. The number of thioether (sulfide) groups is 1. The lowest BCUT2D eigenvalue weighted by molar-refractivity contribution is -0.118. The molecule has 0 unspecified atom stereocenters. The molecule has 2 rings (SSSR count). The maximum Gasteiger partial charge on any atom is 0.333 e. The minimum absolute atomic E-state index is 0.0251. The van der Waals surface area contributed by atoms with Gasteiger partial charge in [0.05, 0.1) is 11.4 Å². The summed E-state index contributed by atoms with van der Waals surface area (Å²) in [5, 5.41) is 13.4. The minimum atomic E-state index is -0.670. The molecule has 0 radical (unpaired) electrons. The van der Waals surface area contributed by atoms with Crippen molar-refractivity contribution >= 4 is 28.4 Å². The molecule has 8 nitrogen and oxygen atoms in total. The highest BCUT2D eigenvalue weighted by atomic mass is 32.2. The molecule has 9 heteroatoms. The largest absolute Gasteiger partial charge is 0.494 e. The van der Waals surface area contributed by atoms with Crippen LogP contribution in [0.25, 0.3) is 0 Å². The van der Waals surface area contributed by atoms with E-state index in [0.29, 0.717) is 12.2 Å². The molecule has 0 aliphatic rings. The van der Waals surface area contributed by atoms with Crippen LogP contribution in [0.4, 0.5) is 5.69 Å². The standard InChI is InChI=1S/C20H26N4O4S/c1-5-11-21-15(25)12-29-17(22-14-9-7-13(6-2)8-10-14)16-18(26)23(3)20(28)24(4)19(16)27/h7-10,26H,5-6,11-12H2,1-4H3,(H,21,25). The van der Waals surface area contributed by atoms with Gasteiger partial charge in [-0.05, 0) is 30.5 Å². The number of rotatable bonds is 7. The van der Waals surface area contributed by atoms with E-state index in [1.54, 1.807) is 12.1 Å². The number of carbonyl (C=O) groups excluding carboxylic acids is 1. The number of aliphatic imine (C=N–C) groups is 1. The molecule has 0 saturated heterocycles. The average Bonchev–Trinajstić information content (AvgIpc) is 2.73. The number of carbonyl (C=O) groups is 1. The van der Waals surface area contributed by atoms with Gasteiger partial charge >= 0.3 is 5.69 Å². The molecule has 2 aromatic rings. The lowest BCUT2D eigenvalue weighted by Crippen LogP contribution is -2.39. The maximum absolute atomic E-state index is 12.7. The molecule has 1 aromatic heterocycles. The zero-order chi connectivity index (χ0) is 21.6. The molecule has 1 heterocycles. The van der Waals surface area contributed by atoms with E-state index >= 15 is 0 Å². The molecule has 29 heavy (non-hydrogen) atoms. The van der Waals surface area contributed by atoms with Gasteiger partial charge in [-0.1, -0.05) is 37.7 Å². The third kappa shape index (κ3) is 5.38. The van der Waals surface area contributed by atoms with Gasteiger partial charge in [0.15, 0.2) is 0 Å². The molecule has 0 bridgehead atoms. The van der Waals surface area contributed by atoms with Gasteiger partial charge in [-0.3, -0.25) is 18.7 Å². The number of amides is 1. The van der Waals surface area contributed by atoms with Gasteiger partial charge < -0.3 is 10.4 Å². The van der Waals surface area contributed by atoms with Crippen molar-refractivity contribution in [1.29, 1.82) is 0 Å². The molecule has 1 aromatic carbocycles. The highest BCUT2D eigenvalue weighted by Crippen LogP contribution is 2.23. The molecular weight excluding hydrogens is 392 g/mol. The molecule has 1 amide bonds. The van der Waals surface area contributed by atoms with Crippen LogP contribution in [-0.4, -0.2) is 37.5 Å². The summed E-state index contributed by atoms with van der Waals surface area (Å²) in [7, 11) is 2.70. The second-order valence-corrected chi connectivity index (χ2v) is 7.44. The maximum atomic E-state index is 12.7. The number of hydrogen-bond donors (Lipinski definition) is 2. The van der Waals surface area contributed by atoms with Crippen molar-refractivity contribution in [2.75, 3.05) is 12.3 Å². The van der Waals surface area contributed by atoms with Gasteiger partial charge in [0.25, 0.3) is 5.56 Å². The van der Waals surface area contributed by atoms with Gasteiger partial charge in [0.1, 0.15) is 10.6 Å². The molecule has 0 aliphatic heterocycles. The smallest absolute Gasteiger partial charge is 0.333 e. The van der Waals surface area contributed by atoms with E-state index in [0.717, 1.165) is 39.3 Å². The number of hydrogen-bond acceptors (Lipinski definition) is 6. The van der Waals surface area contributed by atoms with E-state index in [4.69, 9.17) is 0 Å². The molecule has 0 fully saturated rings. The number of aromatic nitrogens is 2. The highest BCUT2D eigenvalue weighted by molar-refractivity contribution is 8.15. The van der Waals surface area contributed by atoms with E-state index < -0.39 is 17.1 Å². The SMILES string of the molecule is CCCNC(=O)CSC(=Nc1ccc(CC)cc1)c1c(O)n(C)c(=O)n(C)c1=O. The summed E-state index contributed by atoms with van der Waals surface area (Å²) in [5.74, 6) is -0.660. The predicted molar refractivity (Wildman–Crippen MR) is 116 cm³/mol. The first-order valence-corrected chi connectivity index (χ1v) is 10.3.